The zero-order valence-corrected chi connectivity index (χ0v) is 9.83. The summed E-state index contributed by atoms with van der Waals surface area (Å²) in [5.41, 5.74) is 1.19. The van der Waals surface area contributed by atoms with E-state index in [2.05, 4.69) is 13.8 Å². The predicted molar refractivity (Wildman–Crippen MR) is 60.1 cm³/mol. The van der Waals surface area contributed by atoms with Crippen LogP contribution in [0.25, 0.3) is 0 Å². The molecule has 2 nitrogen and oxygen atoms in total. The maximum absolute atomic E-state index is 9.60. The van der Waals surface area contributed by atoms with Crippen LogP contribution in [0, 0.1) is 5.92 Å². The van der Waals surface area contributed by atoms with Gasteiger partial charge in [-0.25, -0.2) is 0 Å². The lowest BCUT2D eigenvalue weighted by Crippen LogP contribution is -2.19. The fourth-order valence-corrected chi connectivity index (χ4v) is 1.90. The van der Waals surface area contributed by atoms with Gasteiger partial charge in [-0.3, -0.25) is 0 Å². The first-order valence-corrected chi connectivity index (χ1v) is 5.59. The van der Waals surface area contributed by atoms with E-state index in [-0.39, 0.29) is 12.0 Å². The van der Waals surface area contributed by atoms with Crippen LogP contribution in [0.1, 0.15) is 47.0 Å². The van der Waals surface area contributed by atoms with E-state index in [0.717, 1.165) is 19.3 Å². The zero-order valence-electron chi connectivity index (χ0n) is 9.83. The third-order valence-corrected chi connectivity index (χ3v) is 2.49. The SMILES string of the molecule is CCC/C(=C\[C@H](C)O)C(CC)[C@@H](C)O. The highest BCUT2D eigenvalue weighted by Gasteiger charge is 2.17. The molecule has 2 N–H and O–H groups in total. The molecule has 0 bridgehead atoms. The third kappa shape index (κ3) is 4.77. The minimum Gasteiger partial charge on any atom is -0.393 e. The van der Waals surface area contributed by atoms with E-state index in [4.69, 9.17) is 0 Å². The van der Waals surface area contributed by atoms with Crippen LogP contribution in [-0.4, -0.2) is 22.4 Å². The molecule has 0 radical (unpaired) electrons. The van der Waals surface area contributed by atoms with Crippen molar-refractivity contribution in [3.8, 4) is 0 Å². The summed E-state index contributed by atoms with van der Waals surface area (Å²) in [6.45, 7) is 7.76. The van der Waals surface area contributed by atoms with Crippen molar-refractivity contribution >= 4 is 0 Å². The molecule has 0 rings (SSSR count). The van der Waals surface area contributed by atoms with Gasteiger partial charge >= 0.3 is 0 Å². The summed E-state index contributed by atoms with van der Waals surface area (Å²) in [5, 5.41) is 18.9. The molecule has 0 aliphatic rings. The number of hydrogen-bond donors (Lipinski definition) is 2. The molecule has 0 fully saturated rings. The van der Waals surface area contributed by atoms with Gasteiger partial charge in [0, 0.05) is 5.92 Å². The second-order valence-electron chi connectivity index (χ2n) is 3.99. The Labute approximate surface area is 87.7 Å². The molecular formula is C12H24O2. The molecule has 0 saturated carbocycles. The largest absolute Gasteiger partial charge is 0.393 e. The lowest BCUT2D eigenvalue weighted by Gasteiger charge is -2.22. The Kier molecular flexibility index (Phi) is 6.85. The Balaban J connectivity index is 4.60. The van der Waals surface area contributed by atoms with E-state index in [1.807, 2.05) is 13.0 Å². The Hall–Kier alpha value is -0.340. The topological polar surface area (TPSA) is 40.5 Å². The highest BCUT2D eigenvalue weighted by molar-refractivity contribution is 5.10. The average Bonchev–Trinajstić information content (AvgIpc) is 2.03. The minimum atomic E-state index is -0.413. The van der Waals surface area contributed by atoms with Crippen LogP contribution in [0.3, 0.4) is 0 Å². The van der Waals surface area contributed by atoms with Gasteiger partial charge in [0.2, 0.25) is 0 Å². The first kappa shape index (κ1) is 13.7. The zero-order chi connectivity index (χ0) is 11.1. The van der Waals surface area contributed by atoms with Crippen LogP contribution in [0.2, 0.25) is 0 Å². The lowest BCUT2D eigenvalue weighted by molar-refractivity contribution is 0.138. The van der Waals surface area contributed by atoms with E-state index < -0.39 is 6.10 Å². The fraction of sp³-hybridized carbons (Fsp3) is 0.833. The van der Waals surface area contributed by atoms with E-state index >= 15 is 0 Å². The summed E-state index contributed by atoms with van der Waals surface area (Å²) in [6.07, 6.45) is 4.09. The molecule has 3 atom stereocenters. The van der Waals surface area contributed by atoms with E-state index in [1.165, 1.54) is 5.57 Å². The molecule has 0 aliphatic heterocycles. The average molecular weight is 200 g/mol. The molecule has 1 unspecified atom stereocenters. The normalized spacial score (nSPS) is 19.1. The van der Waals surface area contributed by atoms with Crippen LogP contribution >= 0.6 is 0 Å². The maximum Gasteiger partial charge on any atom is 0.0695 e. The number of hydrogen-bond acceptors (Lipinski definition) is 2. The van der Waals surface area contributed by atoms with Crippen molar-refractivity contribution in [2.45, 2.75) is 59.2 Å². The Morgan fingerprint density at radius 2 is 1.79 bits per heavy atom. The van der Waals surface area contributed by atoms with Crippen molar-refractivity contribution in [3.05, 3.63) is 11.6 Å². The van der Waals surface area contributed by atoms with Crippen molar-refractivity contribution in [1.82, 2.24) is 0 Å². The fourth-order valence-electron chi connectivity index (χ4n) is 1.90. The molecule has 0 heterocycles. The molecule has 0 aromatic rings. The molecule has 0 amide bonds. The molecule has 0 aromatic heterocycles. The van der Waals surface area contributed by atoms with Gasteiger partial charge in [0.05, 0.1) is 12.2 Å². The highest BCUT2D eigenvalue weighted by Crippen LogP contribution is 2.24. The Bertz CT molecular complexity index is 171. The molecule has 0 aromatic carbocycles. The van der Waals surface area contributed by atoms with Crippen molar-refractivity contribution < 1.29 is 10.2 Å². The monoisotopic (exact) mass is 200 g/mol. The quantitative estimate of drug-likeness (QED) is 0.647. The smallest absolute Gasteiger partial charge is 0.0695 e. The first-order valence-electron chi connectivity index (χ1n) is 5.59. The molecule has 0 aliphatic carbocycles. The molecule has 84 valence electrons. The highest BCUT2D eigenvalue weighted by atomic mass is 16.3. The second-order valence-corrected chi connectivity index (χ2v) is 3.99. The molecular weight excluding hydrogens is 176 g/mol. The van der Waals surface area contributed by atoms with Gasteiger partial charge in [-0.15, -0.1) is 0 Å². The minimum absolute atomic E-state index is 0.199. The van der Waals surface area contributed by atoms with Crippen molar-refractivity contribution in [1.29, 1.82) is 0 Å². The molecule has 0 saturated heterocycles. The third-order valence-electron chi connectivity index (χ3n) is 2.49. The van der Waals surface area contributed by atoms with Crippen LogP contribution in [0.4, 0.5) is 0 Å². The van der Waals surface area contributed by atoms with E-state index in [0.29, 0.717) is 0 Å². The summed E-state index contributed by atoms with van der Waals surface area (Å²) in [5.74, 6) is 0.199. The number of rotatable bonds is 6. The maximum atomic E-state index is 9.60. The van der Waals surface area contributed by atoms with Crippen LogP contribution in [0.5, 0.6) is 0 Å². The van der Waals surface area contributed by atoms with Crippen LogP contribution in [-0.2, 0) is 0 Å². The molecule has 2 heteroatoms. The summed E-state index contributed by atoms with van der Waals surface area (Å²) in [6, 6.07) is 0. The van der Waals surface area contributed by atoms with Gasteiger partial charge in [-0.05, 0) is 26.7 Å². The van der Waals surface area contributed by atoms with Gasteiger partial charge in [-0.1, -0.05) is 31.9 Å². The van der Waals surface area contributed by atoms with Gasteiger partial charge in [0.15, 0.2) is 0 Å². The number of aliphatic hydroxyl groups is 2. The summed E-state index contributed by atoms with van der Waals surface area (Å²) >= 11 is 0. The molecule has 0 spiro atoms. The summed E-state index contributed by atoms with van der Waals surface area (Å²) in [4.78, 5) is 0. The molecule has 14 heavy (non-hydrogen) atoms. The Morgan fingerprint density at radius 1 is 1.21 bits per heavy atom. The first-order chi connectivity index (χ1) is 6.52. The van der Waals surface area contributed by atoms with E-state index in [1.54, 1.807) is 6.92 Å². The van der Waals surface area contributed by atoms with Gasteiger partial charge in [0.1, 0.15) is 0 Å². The number of aliphatic hydroxyl groups excluding tert-OH is 2. The summed E-state index contributed by atoms with van der Waals surface area (Å²) in [7, 11) is 0. The van der Waals surface area contributed by atoms with Crippen LogP contribution < -0.4 is 0 Å². The van der Waals surface area contributed by atoms with Crippen molar-refractivity contribution in [2.75, 3.05) is 0 Å². The van der Waals surface area contributed by atoms with Gasteiger partial charge in [-0.2, -0.15) is 0 Å². The van der Waals surface area contributed by atoms with Crippen molar-refractivity contribution in [3.63, 3.8) is 0 Å². The van der Waals surface area contributed by atoms with Gasteiger partial charge < -0.3 is 10.2 Å². The van der Waals surface area contributed by atoms with Crippen molar-refractivity contribution in [2.24, 2.45) is 5.92 Å². The standard InChI is InChI=1S/C12H24O2/c1-5-7-11(8-9(3)13)12(6-2)10(4)14/h8-10,12-14H,5-7H2,1-4H3/b11-8+/t9-,10+,12?/m0/s1. The van der Waals surface area contributed by atoms with Crippen LogP contribution in [0.15, 0.2) is 11.6 Å². The summed E-state index contributed by atoms with van der Waals surface area (Å²) < 4.78 is 0. The predicted octanol–water partition coefficient (Wildman–Crippen LogP) is 2.50. The Morgan fingerprint density at radius 3 is 2.07 bits per heavy atom. The van der Waals surface area contributed by atoms with E-state index in [9.17, 15) is 10.2 Å². The second kappa shape index (κ2) is 7.02. The van der Waals surface area contributed by atoms with Gasteiger partial charge in [0.25, 0.3) is 0 Å². The lowest BCUT2D eigenvalue weighted by atomic mass is 9.88.